The number of hydrogen-bond donors (Lipinski definition) is 3. The van der Waals surface area contributed by atoms with Gasteiger partial charge in [0.15, 0.2) is 6.29 Å². The second-order valence-electron chi connectivity index (χ2n) is 7.57. The first-order chi connectivity index (χ1) is 12.9. The lowest BCUT2D eigenvalue weighted by molar-refractivity contribution is 0.112. The number of phenolic OH excluding ortho intramolecular Hbond substituents is 2. The third-order valence-corrected chi connectivity index (χ3v) is 5.59. The molecule has 3 rings (SSSR count). The van der Waals surface area contributed by atoms with Crippen molar-refractivity contribution in [1.82, 2.24) is 4.98 Å². The fourth-order valence-electron chi connectivity index (χ4n) is 3.54. The van der Waals surface area contributed by atoms with E-state index < -0.39 is 0 Å². The number of phenols is 2. The van der Waals surface area contributed by atoms with Gasteiger partial charge in [-0.3, -0.25) is 4.79 Å². The average Bonchev–Trinajstić information content (AvgIpc) is 3.04. The Kier molecular flexibility index (Phi) is 5.26. The van der Waals surface area contributed by atoms with Gasteiger partial charge in [-0.1, -0.05) is 31.9 Å². The molecule has 0 saturated carbocycles. The minimum atomic E-state index is 0.0902. The SMILES string of the molecule is CC[C@H](C)CC/C(C)=C/c1c(C)c(O)cc2c1[nH]c1c(O)ccc(C=O)c12. The molecule has 27 heavy (non-hydrogen) atoms. The van der Waals surface area contributed by atoms with E-state index in [9.17, 15) is 15.0 Å². The molecule has 0 radical (unpaired) electrons. The molecule has 1 atom stereocenters. The summed E-state index contributed by atoms with van der Waals surface area (Å²) in [6.45, 7) is 8.45. The number of aromatic nitrogens is 1. The van der Waals surface area contributed by atoms with Gasteiger partial charge < -0.3 is 15.2 Å². The van der Waals surface area contributed by atoms with Gasteiger partial charge >= 0.3 is 0 Å². The fourth-order valence-corrected chi connectivity index (χ4v) is 3.54. The topological polar surface area (TPSA) is 73.3 Å². The minimum absolute atomic E-state index is 0.0902. The highest BCUT2D eigenvalue weighted by Gasteiger charge is 2.17. The minimum Gasteiger partial charge on any atom is -0.508 e. The van der Waals surface area contributed by atoms with Crippen molar-refractivity contribution in [2.75, 3.05) is 0 Å². The van der Waals surface area contributed by atoms with Crippen molar-refractivity contribution in [3.63, 3.8) is 0 Å². The number of fused-ring (bicyclic) bond motifs is 3. The maximum absolute atomic E-state index is 11.5. The number of H-pyrrole nitrogens is 1. The number of allylic oxidation sites excluding steroid dienone is 1. The molecule has 1 aromatic heterocycles. The zero-order valence-electron chi connectivity index (χ0n) is 16.4. The number of aldehydes is 1. The molecule has 0 fully saturated rings. The van der Waals surface area contributed by atoms with Gasteiger partial charge in [-0.2, -0.15) is 0 Å². The molecule has 2 aromatic carbocycles. The Bertz CT molecular complexity index is 1040. The molecule has 4 heteroatoms. The number of benzene rings is 2. The van der Waals surface area contributed by atoms with Crippen LogP contribution in [0.4, 0.5) is 0 Å². The zero-order valence-corrected chi connectivity index (χ0v) is 16.4. The Labute approximate surface area is 159 Å². The van der Waals surface area contributed by atoms with Crippen molar-refractivity contribution in [2.45, 2.75) is 47.0 Å². The third kappa shape index (κ3) is 3.44. The van der Waals surface area contributed by atoms with Gasteiger partial charge in [-0.05, 0) is 50.8 Å². The molecule has 0 amide bonds. The van der Waals surface area contributed by atoms with E-state index in [4.69, 9.17) is 0 Å². The van der Waals surface area contributed by atoms with Crippen molar-refractivity contribution >= 4 is 34.2 Å². The fraction of sp³-hybridized carbons (Fsp3) is 0.348. The lowest BCUT2D eigenvalue weighted by Crippen LogP contribution is -1.93. The van der Waals surface area contributed by atoms with Crippen molar-refractivity contribution in [3.8, 4) is 11.5 Å². The van der Waals surface area contributed by atoms with Crippen molar-refractivity contribution in [1.29, 1.82) is 0 Å². The van der Waals surface area contributed by atoms with Crippen LogP contribution in [0.1, 0.15) is 61.5 Å². The van der Waals surface area contributed by atoms with Crippen molar-refractivity contribution in [2.24, 2.45) is 5.92 Å². The first kappa shape index (κ1) is 19.0. The normalized spacial score (nSPS) is 13.4. The van der Waals surface area contributed by atoms with E-state index >= 15 is 0 Å². The molecular weight excluding hydrogens is 338 g/mol. The Morgan fingerprint density at radius 2 is 1.96 bits per heavy atom. The van der Waals surface area contributed by atoms with Crippen molar-refractivity contribution in [3.05, 3.63) is 40.5 Å². The van der Waals surface area contributed by atoms with Gasteiger partial charge in [0.1, 0.15) is 11.5 Å². The summed E-state index contributed by atoms with van der Waals surface area (Å²) < 4.78 is 0. The number of nitrogens with one attached hydrogen (secondary N) is 1. The van der Waals surface area contributed by atoms with E-state index in [-0.39, 0.29) is 11.5 Å². The van der Waals surface area contributed by atoms with E-state index in [1.807, 2.05) is 6.92 Å². The van der Waals surface area contributed by atoms with Crippen LogP contribution in [0.3, 0.4) is 0 Å². The molecule has 142 valence electrons. The molecule has 3 N–H and O–H groups in total. The first-order valence-corrected chi connectivity index (χ1v) is 9.49. The Balaban J connectivity index is 2.23. The van der Waals surface area contributed by atoms with Gasteiger partial charge in [0.25, 0.3) is 0 Å². The molecule has 3 aromatic rings. The van der Waals surface area contributed by atoms with Crippen LogP contribution in [-0.4, -0.2) is 21.5 Å². The van der Waals surface area contributed by atoms with Crippen LogP contribution < -0.4 is 0 Å². The van der Waals surface area contributed by atoms with Gasteiger partial charge in [-0.25, -0.2) is 0 Å². The van der Waals surface area contributed by atoms with Gasteiger partial charge in [0, 0.05) is 27.5 Å². The Hall–Kier alpha value is -2.75. The van der Waals surface area contributed by atoms with Crippen LogP contribution in [0.2, 0.25) is 0 Å². The predicted molar refractivity (Wildman–Crippen MR) is 112 cm³/mol. The largest absolute Gasteiger partial charge is 0.508 e. The summed E-state index contributed by atoms with van der Waals surface area (Å²) in [6, 6.07) is 4.78. The van der Waals surface area contributed by atoms with Crippen LogP contribution in [-0.2, 0) is 0 Å². The number of carbonyl (C=O) groups is 1. The second kappa shape index (κ2) is 7.47. The van der Waals surface area contributed by atoms with Gasteiger partial charge in [0.2, 0.25) is 0 Å². The van der Waals surface area contributed by atoms with Gasteiger partial charge in [-0.15, -0.1) is 0 Å². The second-order valence-corrected chi connectivity index (χ2v) is 7.57. The molecule has 0 spiro atoms. The number of carbonyl (C=O) groups excluding carboxylic acids is 1. The van der Waals surface area contributed by atoms with E-state index in [0.29, 0.717) is 22.4 Å². The molecule has 0 aliphatic heterocycles. The maximum Gasteiger partial charge on any atom is 0.150 e. The van der Waals surface area contributed by atoms with E-state index in [1.54, 1.807) is 12.1 Å². The summed E-state index contributed by atoms with van der Waals surface area (Å²) in [6.07, 6.45) is 6.17. The summed E-state index contributed by atoms with van der Waals surface area (Å²) in [4.78, 5) is 14.8. The molecule has 0 unspecified atom stereocenters. The zero-order chi connectivity index (χ0) is 19.7. The van der Waals surface area contributed by atoms with E-state index in [0.717, 1.165) is 41.2 Å². The quantitative estimate of drug-likeness (QED) is 0.463. The molecular formula is C23H27NO3. The van der Waals surface area contributed by atoms with Crippen molar-refractivity contribution < 1.29 is 15.0 Å². The van der Waals surface area contributed by atoms with Gasteiger partial charge in [0.05, 0.1) is 11.0 Å². The molecule has 0 aliphatic rings. The average molecular weight is 365 g/mol. The smallest absolute Gasteiger partial charge is 0.150 e. The number of hydrogen-bond acceptors (Lipinski definition) is 3. The highest BCUT2D eigenvalue weighted by Crippen LogP contribution is 2.39. The summed E-state index contributed by atoms with van der Waals surface area (Å²) >= 11 is 0. The highest BCUT2D eigenvalue weighted by molar-refractivity contribution is 6.17. The summed E-state index contributed by atoms with van der Waals surface area (Å²) in [5.74, 6) is 0.954. The highest BCUT2D eigenvalue weighted by atomic mass is 16.3. The molecule has 4 nitrogen and oxygen atoms in total. The third-order valence-electron chi connectivity index (χ3n) is 5.59. The first-order valence-electron chi connectivity index (χ1n) is 9.49. The molecule has 0 aliphatic carbocycles. The van der Waals surface area contributed by atoms with E-state index in [1.165, 1.54) is 18.1 Å². The summed E-state index contributed by atoms with van der Waals surface area (Å²) in [5.41, 5.74) is 4.76. The predicted octanol–water partition coefficient (Wildman–Crippen LogP) is 6.08. The Morgan fingerprint density at radius 1 is 1.22 bits per heavy atom. The number of aromatic hydroxyl groups is 2. The maximum atomic E-state index is 11.5. The molecule has 0 saturated heterocycles. The lowest BCUT2D eigenvalue weighted by atomic mass is 9.96. The monoisotopic (exact) mass is 365 g/mol. The van der Waals surface area contributed by atoms with Crippen LogP contribution in [0.5, 0.6) is 11.5 Å². The molecule has 0 bridgehead atoms. The lowest BCUT2D eigenvalue weighted by Gasteiger charge is -2.10. The summed E-state index contributed by atoms with van der Waals surface area (Å²) in [7, 11) is 0. The standard InChI is InChI=1S/C23H27NO3/c1-5-13(2)6-7-14(3)10-17-15(4)20(27)11-18-21-16(12-25)8-9-19(26)23(21)24-22(17)18/h8-13,24,26-27H,5-7H2,1-4H3/b14-10+/t13-/m0/s1. The van der Waals surface area contributed by atoms with Crippen LogP contribution in [0.25, 0.3) is 27.9 Å². The van der Waals surface area contributed by atoms with Crippen LogP contribution in [0.15, 0.2) is 23.8 Å². The Morgan fingerprint density at radius 3 is 2.63 bits per heavy atom. The molecule has 1 heterocycles. The number of aromatic amines is 1. The van der Waals surface area contributed by atoms with Crippen LogP contribution in [0, 0.1) is 12.8 Å². The van der Waals surface area contributed by atoms with E-state index in [2.05, 4.69) is 31.8 Å². The number of rotatable bonds is 6. The van der Waals surface area contributed by atoms with Crippen LogP contribution >= 0.6 is 0 Å². The summed E-state index contributed by atoms with van der Waals surface area (Å²) in [5, 5.41) is 22.1.